The number of hydrogen-bond acceptors (Lipinski definition) is 6. The van der Waals surface area contributed by atoms with E-state index in [9.17, 15) is 23.7 Å². The quantitative estimate of drug-likeness (QED) is 0.461. The molecule has 31 heavy (non-hydrogen) atoms. The summed E-state index contributed by atoms with van der Waals surface area (Å²) in [7, 11) is 0. The van der Waals surface area contributed by atoms with Crippen LogP contribution < -0.4 is 0 Å². The normalized spacial score (nSPS) is 13.2. The van der Waals surface area contributed by atoms with Crippen molar-refractivity contribution in [2.75, 3.05) is 13.1 Å². The summed E-state index contributed by atoms with van der Waals surface area (Å²) in [5.74, 6) is -1.02. The number of nitro groups is 1. The maximum Gasteiger partial charge on any atom is 0.291 e. The fourth-order valence-electron chi connectivity index (χ4n) is 3.21. The Morgan fingerprint density at radius 3 is 2.45 bits per heavy atom. The van der Waals surface area contributed by atoms with Crippen LogP contribution in [0.15, 0.2) is 54.9 Å². The predicted molar refractivity (Wildman–Crippen MR) is 107 cm³/mol. The number of nitrogens with zero attached hydrogens (tertiary/aromatic N) is 5. The Labute approximate surface area is 175 Å². The number of carbonyl (C=O) groups excluding carboxylic acids is 1. The van der Waals surface area contributed by atoms with E-state index in [2.05, 4.69) is 15.0 Å². The minimum Gasteiger partial charge on any atom is -0.334 e. The van der Waals surface area contributed by atoms with E-state index in [4.69, 9.17) is 0 Å². The summed E-state index contributed by atoms with van der Waals surface area (Å²) in [6.45, 7) is 0.482. The number of amides is 1. The summed E-state index contributed by atoms with van der Waals surface area (Å²) in [5, 5.41) is 11.4. The van der Waals surface area contributed by atoms with Gasteiger partial charge in [0.05, 0.1) is 29.4 Å². The van der Waals surface area contributed by atoms with Crippen molar-refractivity contribution < 1.29 is 18.5 Å². The first kappa shape index (κ1) is 20.2. The number of halogens is 2. The SMILES string of the molecule is O=C(Cc1nc(-c2ccc(F)cc2)ccc1[N+](=O)[O-])N1CC=C(c2ncc(F)cn2)C1. The maximum absolute atomic E-state index is 13.2. The third-order valence-electron chi connectivity index (χ3n) is 4.79. The van der Waals surface area contributed by atoms with E-state index >= 15 is 0 Å². The average molecular weight is 423 g/mol. The topological polar surface area (TPSA) is 102 Å². The van der Waals surface area contributed by atoms with Gasteiger partial charge in [-0.2, -0.15) is 0 Å². The summed E-state index contributed by atoms with van der Waals surface area (Å²) in [6.07, 6.45) is 3.56. The molecule has 3 heterocycles. The van der Waals surface area contributed by atoms with E-state index in [1.165, 1.54) is 41.3 Å². The molecule has 1 amide bonds. The zero-order valence-corrected chi connectivity index (χ0v) is 16.0. The lowest BCUT2D eigenvalue weighted by atomic mass is 10.1. The molecule has 4 rings (SSSR count). The molecule has 0 N–H and O–H groups in total. The van der Waals surface area contributed by atoms with Crippen LogP contribution in [0, 0.1) is 21.7 Å². The monoisotopic (exact) mass is 423 g/mol. The van der Waals surface area contributed by atoms with Gasteiger partial charge in [0.1, 0.15) is 11.5 Å². The Morgan fingerprint density at radius 2 is 1.77 bits per heavy atom. The highest BCUT2D eigenvalue weighted by atomic mass is 19.1. The van der Waals surface area contributed by atoms with Crippen LogP contribution in [0.25, 0.3) is 16.8 Å². The highest BCUT2D eigenvalue weighted by Gasteiger charge is 2.26. The molecule has 1 aromatic carbocycles. The molecule has 3 aromatic rings. The molecule has 0 unspecified atom stereocenters. The predicted octanol–water partition coefficient (Wildman–Crippen LogP) is 3.19. The second-order valence-corrected chi connectivity index (χ2v) is 6.83. The lowest BCUT2D eigenvalue weighted by Gasteiger charge is -2.16. The van der Waals surface area contributed by atoms with Crippen molar-refractivity contribution in [2.24, 2.45) is 0 Å². The molecular weight excluding hydrogens is 408 g/mol. The molecule has 1 aliphatic rings. The molecule has 10 heteroatoms. The summed E-state index contributed by atoms with van der Waals surface area (Å²) >= 11 is 0. The van der Waals surface area contributed by atoms with Crippen LogP contribution in [0.1, 0.15) is 11.5 Å². The Balaban J connectivity index is 1.53. The van der Waals surface area contributed by atoms with Gasteiger partial charge >= 0.3 is 0 Å². The molecule has 0 saturated heterocycles. The Morgan fingerprint density at radius 1 is 1.06 bits per heavy atom. The number of benzene rings is 1. The largest absolute Gasteiger partial charge is 0.334 e. The van der Waals surface area contributed by atoms with E-state index < -0.39 is 16.6 Å². The van der Waals surface area contributed by atoms with Crippen LogP contribution in [0.3, 0.4) is 0 Å². The first-order chi connectivity index (χ1) is 14.9. The number of rotatable bonds is 5. The molecular formula is C21H15F2N5O3. The molecule has 0 fully saturated rings. The Bertz CT molecular complexity index is 1180. The smallest absolute Gasteiger partial charge is 0.291 e. The number of hydrogen-bond donors (Lipinski definition) is 0. The van der Waals surface area contributed by atoms with Crippen LogP contribution in [0.5, 0.6) is 0 Å². The highest BCUT2D eigenvalue weighted by Crippen LogP contribution is 2.25. The van der Waals surface area contributed by atoms with E-state index in [1.807, 2.05) is 0 Å². The van der Waals surface area contributed by atoms with Crippen molar-refractivity contribution in [3.05, 3.63) is 88.1 Å². The molecule has 0 aliphatic carbocycles. The standard InChI is InChI=1S/C21H15F2N5O3/c22-15-3-1-13(2-4-15)17-5-6-19(28(30)31)18(26-17)9-20(29)27-8-7-14(12-27)21-24-10-16(23)11-25-21/h1-7,10-11H,8-9,12H2. The Hall–Kier alpha value is -4.08. The van der Waals surface area contributed by atoms with Gasteiger partial charge in [0, 0.05) is 30.3 Å². The summed E-state index contributed by atoms with van der Waals surface area (Å²) < 4.78 is 26.2. The van der Waals surface area contributed by atoms with Gasteiger partial charge in [-0.15, -0.1) is 0 Å². The summed E-state index contributed by atoms with van der Waals surface area (Å²) in [6, 6.07) is 8.29. The zero-order valence-electron chi connectivity index (χ0n) is 16.0. The minimum absolute atomic E-state index is 0.0170. The van der Waals surface area contributed by atoms with Crippen molar-refractivity contribution in [3.63, 3.8) is 0 Å². The number of aromatic nitrogens is 3. The fraction of sp³-hybridized carbons (Fsp3) is 0.143. The van der Waals surface area contributed by atoms with Gasteiger partial charge in [-0.1, -0.05) is 6.08 Å². The van der Waals surface area contributed by atoms with Crippen LogP contribution in [-0.4, -0.2) is 43.8 Å². The number of carbonyl (C=O) groups is 1. The summed E-state index contributed by atoms with van der Waals surface area (Å²) in [5.41, 5.74) is 1.38. The third-order valence-corrected chi connectivity index (χ3v) is 4.79. The Kier molecular flexibility index (Phi) is 5.44. The molecule has 0 saturated carbocycles. The van der Waals surface area contributed by atoms with Gasteiger partial charge in [0.15, 0.2) is 11.6 Å². The van der Waals surface area contributed by atoms with Gasteiger partial charge in [0.25, 0.3) is 5.69 Å². The lowest BCUT2D eigenvalue weighted by molar-refractivity contribution is -0.385. The molecule has 0 atom stereocenters. The van der Waals surface area contributed by atoms with Crippen molar-refractivity contribution in [1.82, 2.24) is 19.9 Å². The highest BCUT2D eigenvalue weighted by molar-refractivity contribution is 5.83. The van der Waals surface area contributed by atoms with E-state index in [1.54, 1.807) is 6.08 Å². The fourth-order valence-corrected chi connectivity index (χ4v) is 3.21. The van der Waals surface area contributed by atoms with Gasteiger partial charge in [-0.05, 0) is 30.3 Å². The van der Waals surface area contributed by atoms with E-state index in [-0.39, 0.29) is 36.8 Å². The molecule has 1 aliphatic heterocycles. The van der Waals surface area contributed by atoms with Crippen LogP contribution in [0.4, 0.5) is 14.5 Å². The first-order valence-corrected chi connectivity index (χ1v) is 9.25. The maximum atomic E-state index is 13.2. The van der Waals surface area contributed by atoms with E-state index in [0.717, 1.165) is 12.4 Å². The second kappa shape index (κ2) is 8.34. The summed E-state index contributed by atoms with van der Waals surface area (Å²) in [4.78, 5) is 37.2. The molecule has 2 aromatic heterocycles. The second-order valence-electron chi connectivity index (χ2n) is 6.83. The molecule has 156 valence electrons. The van der Waals surface area contributed by atoms with Crippen molar-refractivity contribution in [2.45, 2.75) is 6.42 Å². The van der Waals surface area contributed by atoms with Crippen molar-refractivity contribution in [3.8, 4) is 11.3 Å². The van der Waals surface area contributed by atoms with Crippen molar-refractivity contribution >= 4 is 17.2 Å². The average Bonchev–Trinajstić information content (AvgIpc) is 3.25. The minimum atomic E-state index is -0.593. The van der Waals surface area contributed by atoms with Gasteiger partial charge < -0.3 is 4.90 Å². The molecule has 8 nitrogen and oxygen atoms in total. The lowest BCUT2D eigenvalue weighted by Crippen LogP contribution is -2.30. The van der Waals surface area contributed by atoms with E-state index in [0.29, 0.717) is 22.7 Å². The van der Waals surface area contributed by atoms with Crippen LogP contribution >= 0.6 is 0 Å². The molecule has 0 spiro atoms. The van der Waals surface area contributed by atoms with Crippen molar-refractivity contribution in [1.29, 1.82) is 0 Å². The van der Waals surface area contributed by atoms with Gasteiger partial charge in [-0.25, -0.2) is 23.7 Å². The first-order valence-electron chi connectivity index (χ1n) is 9.25. The molecule has 0 radical (unpaired) electrons. The third kappa shape index (κ3) is 4.42. The van der Waals surface area contributed by atoms with Gasteiger partial charge in [-0.3, -0.25) is 14.9 Å². The van der Waals surface area contributed by atoms with Gasteiger partial charge in [0.2, 0.25) is 5.91 Å². The van der Waals surface area contributed by atoms with Crippen LogP contribution in [-0.2, 0) is 11.2 Å². The zero-order chi connectivity index (χ0) is 22.0. The van der Waals surface area contributed by atoms with Crippen LogP contribution in [0.2, 0.25) is 0 Å². The molecule has 0 bridgehead atoms. The number of pyridine rings is 1.